The lowest BCUT2D eigenvalue weighted by Gasteiger charge is -2.35. The highest BCUT2D eigenvalue weighted by atomic mass is 32.2. The maximum Gasteiger partial charge on any atom is 0.237 e. The predicted molar refractivity (Wildman–Crippen MR) is 99.4 cm³/mol. The third kappa shape index (κ3) is 3.54. The van der Waals surface area contributed by atoms with Crippen LogP contribution in [0.15, 0.2) is 18.3 Å². The van der Waals surface area contributed by atoms with Crippen molar-refractivity contribution in [3.05, 3.63) is 47.0 Å². The number of hydrogen-bond donors (Lipinski definition) is 1. The Morgan fingerprint density at radius 2 is 1.90 bits per heavy atom. The largest absolute Gasteiger partial charge is 0.390 e. The smallest absolute Gasteiger partial charge is 0.237 e. The topological polar surface area (TPSA) is 95.7 Å². The molecular formula is C18H19F3N4O4S. The zero-order valence-electron chi connectivity index (χ0n) is 15.9. The fraction of sp³-hybridized carbons (Fsp3) is 0.444. The molecule has 30 heavy (non-hydrogen) atoms. The number of amides is 1. The first-order chi connectivity index (χ1) is 14.1. The van der Waals surface area contributed by atoms with Gasteiger partial charge in [0.25, 0.3) is 0 Å². The summed E-state index contributed by atoms with van der Waals surface area (Å²) in [4.78, 5) is 14.3. The maximum atomic E-state index is 13.5. The summed E-state index contributed by atoms with van der Waals surface area (Å²) >= 11 is 0. The van der Waals surface area contributed by atoms with E-state index in [1.165, 1.54) is 11.1 Å². The van der Waals surface area contributed by atoms with Crippen LogP contribution in [-0.4, -0.2) is 58.6 Å². The molecule has 0 saturated carbocycles. The van der Waals surface area contributed by atoms with Crippen molar-refractivity contribution in [3.8, 4) is 0 Å². The molecule has 1 N–H and O–H groups in total. The standard InChI is InChI=1S/C18H19F3N4O4S/c1-10-6-24-16(15(5-22-24)25-7-12(26)9-30(25,28)29)8-23(10)17(27)4-11-2-13(19)18(21)14(20)3-11/h2-3,5,10,12,26H,4,6-9H2,1H3/t10-,12?/m0/s1. The monoisotopic (exact) mass is 444 g/mol. The Labute approximate surface area is 170 Å². The Morgan fingerprint density at radius 3 is 2.50 bits per heavy atom. The van der Waals surface area contributed by atoms with E-state index < -0.39 is 45.2 Å². The number of benzene rings is 1. The predicted octanol–water partition coefficient (Wildman–Crippen LogP) is 0.784. The summed E-state index contributed by atoms with van der Waals surface area (Å²) in [5.74, 6) is -5.18. The van der Waals surface area contributed by atoms with Gasteiger partial charge in [0.15, 0.2) is 17.5 Å². The van der Waals surface area contributed by atoms with E-state index in [2.05, 4.69) is 5.10 Å². The average Bonchev–Trinajstić information content (AvgIpc) is 3.16. The molecule has 1 aromatic carbocycles. The lowest BCUT2D eigenvalue weighted by molar-refractivity contribution is -0.134. The van der Waals surface area contributed by atoms with Crippen LogP contribution in [0.3, 0.4) is 0 Å². The minimum absolute atomic E-state index is 0.00634. The molecule has 12 heteroatoms. The van der Waals surface area contributed by atoms with Gasteiger partial charge in [0.05, 0.1) is 55.5 Å². The first-order valence-corrected chi connectivity index (χ1v) is 10.8. The van der Waals surface area contributed by atoms with Gasteiger partial charge in [-0.1, -0.05) is 0 Å². The van der Waals surface area contributed by atoms with E-state index in [-0.39, 0.29) is 36.8 Å². The summed E-state index contributed by atoms with van der Waals surface area (Å²) in [6.45, 7) is 2.00. The van der Waals surface area contributed by atoms with Crippen LogP contribution in [0.25, 0.3) is 0 Å². The number of sulfonamides is 1. The van der Waals surface area contributed by atoms with Crippen molar-refractivity contribution in [1.29, 1.82) is 0 Å². The van der Waals surface area contributed by atoms with Crippen molar-refractivity contribution in [1.82, 2.24) is 14.7 Å². The van der Waals surface area contributed by atoms with Crippen molar-refractivity contribution in [2.75, 3.05) is 16.6 Å². The molecule has 3 heterocycles. The number of hydrogen-bond acceptors (Lipinski definition) is 5. The molecule has 0 radical (unpaired) electrons. The Morgan fingerprint density at radius 1 is 1.23 bits per heavy atom. The van der Waals surface area contributed by atoms with Gasteiger partial charge in [0.2, 0.25) is 15.9 Å². The molecule has 4 rings (SSSR count). The van der Waals surface area contributed by atoms with Crippen LogP contribution in [0.1, 0.15) is 18.2 Å². The van der Waals surface area contributed by atoms with Crippen molar-refractivity contribution < 1.29 is 31.5 Å². The van der Waals surface area contributed by atoms with Crippen molar-refractivity contribution in [2.45, 2.75) is 38.6 Å². The lowest BCUT2D eigenvalue weighted by Crippen LogP contribution is -2.46. The molecule has 1 unspecified atom stereocenters. The van der Waals surface area contributed by atoms with Crippen molar-refractivity contribution >= 4 is 21.6 Å². The number of aliphatic hydroxyl groups is 1. The van der Waals surface area contributed by atoms with Gasteiger partial charge in [-0.2, -0.15) is 5.10 Å². The highest BCUT2D eigenvalue weighted by Gasteiger charge is 2.39. The van der Waals surface area contributed by atoms with Gasteiger partial charge < -0.3 is 10.0 Å². The van der Waals surface area contributed by atoms with Gasteiger partial charge in [-0.15, -0.1) is 0 Å². The number of nitrogens with zero attached hydrogens (tertiary/aromatic N) is 4. The third-order valence-corrected chi connectivity index (χ3v) is 7.14. The van der Waals surface area contributed by atoms with Gasteiger partial charge in [0.1, 0.15) is 0 Å². The molecule has 8 nitrogen and oxygen atoms in total. The summed E-state index contributed by atoms with van der Waals surface area (Å²) in [5.41, 5.74) is 0.763. The molecule has 1 amide bonds. The van der Waals surface area contributed by atoms with Gasteiger partial charge in [0, 0.05) is 6.04 Å². The number of fused-ring (bicyclic) bond motifs is 1. The number of aliphatic hydroxyl groups excluding tert-OH is 1. The second-order valence-electron chi connectivity index (χ2n) is 7.54. The Kier molecular flexibility index (Phi) is 5.01. The first-order valence-electron chi connectivity index (χ1n) is 9.23. The maximum absolute atomic E-state index is 13.5. The first kappa shape index (κ1) is 20.7. The second-order valence-corrected chi connectivity index (χ2v) is 9.48. The molecule has 162 valence electrons. The minimum Gasteiger partial charge on any atom is -0.390 e. The highest BCUT2D eigenvalue weighted by molar-refractivity contribution is 7.93. The van der Waals surface area contributed by atoms with Crippen LogP contribution in [0.4, 0.5) is 18.9 Å². The van der Waals surface area contributed by atoms with Crippen LogP contribution >= 0.6 is 0 Å². The molecule has 2 aliphatic rings. The molecule has 1 saturated heterocycles. The summed E-state index contributed by atoms with van der Waals surface area (Å²) in [7, 11) is -3.70. The average molecular weight is 444 g/mol. The van der Waals surface area contributed by atoms with E-state index in [0.717, 1.165) is 16.4 Å². The summed E-state index contributed by atoms with van der Waals surface area (Å²) in [6, 6.07) is 1.24. The Hall–Kier alpha value is -2.60. The van der Waals surface area contributed by atoms with Gasteiger partial charge in [-0.05, 0) is 24.6 Å². The van der Waals surface area contributed by atoms with E-state index in [1.54, 1.807) is 11.6 Å². The number of aromatic nitrogens is 2. The second kappa shape index (κ2) is 7.27. The van der Waals surface area contributed by atoms with Crippen molar-refractivity contribution in [2.24, 2.45) is 0 Å². The number of rotatable bonds is 3. The number of β-amino-alcohol motifs (C(OH)–C–C–N with tert-alkyl or cyclic N) is 1. The number of carbonyl (C=O) groups excluding carboxylic acids is 1. The Balaban J connectivity index is 1.59. The fourth-order valence-electron chi connectivity index (χ4n) is 3.85. The van der Waals surface area contributed by atoms with Crippen LogP contribution < -0.4 is 4.31 Å². The molecule has 1 aromatic heterocycles. The molecule has 1 fully saturated rings. The van der Waals surface area contributed by atoms with E-state index in [0.29, 0.717) is 12.2 Å². The SMILES string of the molecule is C[C@H]1Cn2ncc(N3CC(O)CS3(=O)=O)c2CN1C(=O)Cc1cc(F)c(F)c(F)c1. The van der Waals surface area contributed by atoms with Gasteiger partial charge in [-0.25, -0.2) is 21.6 Å². The van der Waals surface area contributed by atoms with E-state index in [4.69, 9.17) is 0 Å². The van der Waals surface area contributed by atoms with E-state index >= 15 is 0 Å². The zero-order valence-corrected chi connectivity index (χ0v) is 16.7. The molecule has 0 spiro atoms. The molecule has 2 aliphatic heterocycles. The van der Waals surface area contributed by atoms with Crippen LogP contribution in [0, 0.1) is 17.5 Å². The quantitative estimate of drug-likeness (QED) is 0.707. The third-order valence-electron chi connectivity index (χ3n) is 5.32. The molecule has 2 atom stereocenters. The van der Waals surface area contributed by atoms with Gasteiger partial charge in [-0.3, -0.25) is 13.8 Å². The van der Waals surface area contributed by atoms with Crippen LogP contribution in [-0.2, 0) is 34.3 Å². The number of halogens is 3. The number of anilines is 1. The van der Waals surface area contributed by atoms with Crippen molar-refractivity contribution in [3.63, 3.8) is 0 Å². The zero-order chi connectivity index (χ0) is 21.8. The summed E-state index contributed by atoms with van der Waals surface area (Å²) in [6.07, 6.45) is 0.0213. The molecular weight excluding hydrogens is 425 g/mol. The van der Waals surface area contributed by atoms with Crippen LogP contribution in [0.2, 0.25) is 0 Å². The molecule has 2 aromatic rings. The minimum atomic E-state index is -3.70. The lowest BCUT2D eigenvalue weighted by atomic mass is 10.1. The molecule has 0 aliphatic carbocycles. The van der Waals surface area contributed by atoms with Gasteiger partial charge >= 0.3 is 0 Å². The summed E-state index contributed by atoms with van der Waals surface area (Å²) < 4.78 is 67.4. The highest BCUT2D eigenvalue weighted by Crippen LogP contribution is 2.32. The molecule has 0 bridgehead atoms. The van der Waals surface area contributed by atoms with Crippen LogP contribution in [0.5, 0.6) is 0 Å². The van der Waals surface area contributed by atoms with E-state index in [9.17, 15) is 31.5 Å². The fourth-order valence-corrected chi connectivity index (χ4v) is 5.48. The normalized spacial score (nSPS) is 23.0. The summed E-state index contributed by atoms with van der Waals surface area (Å²) in [5, 5.41) is 14.0. The Bertz CT molecular complexity index is 1100. The number of carbonyl (C=O) groups is 1. The van der Waals surface area contributed by atoms with E-state index in [1.807, 2.05) is 0 Å².